The van der Waals surface area contributed by atoms with Gasteiger partial charge < -0.3 is 10.2 Å². The minimum absolute atomic E-state index is 0.00287. The van der Waals surface area contributed by atoms with Gasteiger partial charge in [0.05, 0.1) is 21.9 Å². The van der Waals surface area contributed by atoms with Crippen molar-refractivity contribution >= 4 is 44.9 Å². The highest BCUT2D eigenvalue weighted by Gasteiger charge is 2.31. The summed E-state index contributed by atoms with van der Waals surface area (Å²) in [6, 6.07) is 13.7. The molecule has 2 heterocycles. The van der Waals surface area contributed by atoms with Crippen LogP contribution in [0.5, 0.6) is 0 Å². The molecule has 0 bridgehead atoms. The molecule has 0 radical (unpaired) electrons. The number of alkyl halides is 3. The zero-order valence-electron chi connectivity index (χ0n) is 18.5. The molecule has 0 spiro atoms. The number of hydrogen-bond acceptors (Lipinski definition) is 4. The molecule has 0 aliphatic rings. The van der Waals surface area contributed by atoms with Crippen LogP contribution in [-0.2, 0) is 6.18 Å². The highest BCUT2D eigenvalue weighted by Crippen LogP contribution is 2.31. The Morgan fingerprint density at radius 1 is 1.17 bits per heavy atom. The molecule has 182 valence electrons. The molecule has 0 unspecified atom stereocenters. The van der Waals surface area contributed by atoms with E-state index in [9.17, 15) is 18.0 Å². The fourth-order valence-corrected chi connectivity index (χ4v) is 4.13. The number of benzene rings is 2. The number of fused-ring (bicyclic) bond motifs is 1. The fraction of sp³-hybridized carbons (Fsp3) is 0.208. The van der Waals surface area contributed by atoms with Gasteiger partial charge in [-0.1, -0.05) is 35.9 Å². The Morgan fingerprint density at radius 3 is 2.69 bits per heavy atom. The Hall–Kier alpha value is -3.11. The average Bonchev–Trinajstić information content (AvgIpc) is 3.21. The first kappa shape index (κ1) is 25.0. The average molecular weight is 567 g/mol. The molecule has 0 atom stereocenters. The Bertz CT molecular complexity index is 1380. The highest BCUT2D eigenvalue weighted by molar-refractivity contribution is 9.10. The minimum atomic E-state index is -4.50. The van der Waals surface area contributed by atoms with E-state index in [0.29, 0.717) is 41.7 Å². The highest BCUT2D eigenvalue weighted by atomic mass is 79.9. The lowest BCUT2D eigenvalue weighted by molar-refractivity contribution is -0.137. The fourth-order valence-electron chi connectivity index (χ4n) is 3.55. The van der Waals surface area contributed by atoms with E-state index >= 15 is 0 Å². The van der Waals surface area contributed by atoms with Crippen LogP contribution in [0.2, 0.25) is 5.02 Å². The molecular formula is C24H20BrClF3N5O. The second-order valence-corrected chi connectivity index (χ2v) is 9.08. The van der Waals surface area contributed by atoms with Gasteiger partial charge in [0, 0.05) is 42.4 Å². The van der Waals surface area contributed by atoms with Crippen molar-refractivity contribution in [3.05, 3.63) is 81.4 Å². The van der Waals surface area contributed by atoms with Gasteiger partial charge in [-0.15, -0.1) is 0 Å². The van der Waals surface area contributed by atoms with E-state index in [-0.39, 0.29) is 5.56 Å². The van der Waals surface area contributed by atoms with Gasteiger partial charge in [0.2, 0.25) is 0 Å². The first-order valence-corrected chi connectivity index (χ1v) is 11.8. The van der Waals surface area contributed by atoms with Crippen LogP contribution in [0.15, 0.2) is 65.3 Å². The van der Waals surface area contributed by atoms with Gasteiger partial charge in [-0.2, -0.15) is 22.8 Å². The lowest BCUT2D eigenvalue weighted by atomic mass is 10.1. The summed E-state index contributed by atoms with van der Waals surface area (Å²) >= 11 is 9.82. The molecule has 6 nitrogen and oxygen atoms in total. The predicted octanol–water partition coefficient (Wildman–Crippen LogP) is 6.41. The van der Waals surface area contributed by atoms with Crippen molar-refractivity contribution in [1.29, 1.82) is 0 Å². The molecule has 11 heteroatoms. The Morgan fingerprint density at radius 2 is 1.94 bits per heavy atom. The number of carbonyl (C=O) groups excluding carboxylic acids is 1. The molecule has 35 heavy (non-hydrogen) atoms. The standard InChI is InChI=1S/C24H20BrClF3N5O/c1-33(23(35)15-6-4-7-16(12-15)24(27,28)29)11-5-10-30-21-13-20(17-8-2-3-9-19(17)26)32-22-18(25)14-31-34(21)22/h2-4,6-9,12-14,30H,5,10-11H2,1H3. The van der Waals surface area contributed by atoms with Gasteiger partial charge >= 0.3 is 6.18 Å². The van der Waals surface area contributed by atoms with Gasteiger partial charge in [0.15, 0.2) is 5.65 Å². The maximum absolute atomic E-state index is 13.0. The zero-order valence-corrected chi connectivity index (χ0v) is 20.8. The minimum Gasteiger partial charge on any atom is -0.370 e. The summed E-state index contributed by atoms with van der Waals surface area (Å²) < 4.78 is 41.3. The second kappa shape index (κ2) is 10.2. The molecule has 1 N–H and O–H groups in total. The number of nitrogens with zero attached hydrogens (tertiary/aromatic N) is 4. The molecule has 2 aromatic carbocycles. The molecule has 0 aliphatic carbocycles. The van der Waals surface area contributed by atoms with E-state index in [4.69, 9.17) is 11.6 Å². The van der Waals surface area contributed by atoms with Crippen LogP contribution in [0.3, 0.4) is 0 Å². The summed E-state index contributed by atoms with van der Waals surface area (Å²) in [6.45, 7) is 0.829. The Kier molecular flexibility index (Phi) is 7.32. The first-order chi connectivity index (χ1) is 16.6. The van der Waals surface area contributed by atoms with Gasteiger partial charge in [-0.25, -0.2) is 4.98 Å². The molecule has 4 aromatic rings. The topological polar surface area (TPSA) is 62.5 Å². The van der Waals surface area contributed by atoms with Crippen molar-refractivity contribution < 1.29 is 18.0 Å². The summed E-state index contributed by atoms with van der Waals surface area (Å²) in [5.74, 6) is 0.210. The molecule has 4 rings (SSSR count). The van der Waals surface area contributed by atoms with Gasteiger partial charge in [0.1, 0.15) is 5.82 Å². The number of halogens is 5. The molecule has 0 saturated carbocycles. The van der Waals surface area contributed by atoms with Crippen molar-refractivity contribution in [2.75, 3.05) is 25.5 Å². The Labute approximate surface area is 212 Å². The number of rotatable bonds is 7. The number of anilines is 1. The van der Waals surface area contributed by atoms with Crippen LogP contribution in [0, 0.1) is 0 Å². The van der Waals surface area contributed by atoms with Crippen LogP contribution in [0.25, 0.3) is 16.9 Å². The molecule has 2 aromatic heterocycles. The SMILES string of the molecule is CN(CCCNc1cc(-c2ccccc2Cl)nc2c(Br)cnn12)C(=O)c1cccc(C(F)(F)F)c1. The van der Waals surface area contributed by atoms with Crippen LogP contribution in [-0.4, -0.2) is 45.5 Å². The molecule has 0 saturated heterocycles. The normalized spacial score (nSPS) is 11.6. The summed E-state index contributed by atoms with van der Waals surface area (Å²) in [4.78, 5) is 18.7. The summed E-state index contributed by atoms with van der Waals surface area (Å²) in [5.41, 5.74) is 1.21. The maximum atomic E-state index is 13.0. The Balaban J connectivity index is 1.44. The summed E-state index contributed by atoms with van der Waals surface area (Å²) in [6.07, 6.45) is -2.31. The first-order valence-electron chi connectivity index (χ1n) is 10.6. The van der Waals surface area contributed by atoms with Gasteiger partial charge in [-0.3, -0.25) is 4.79 Å². The second-order valence-electron chi connectivity index (χ2n) is 7.82. The van der Waals surface area contributed by atoms with Crippen molar-refractivity contribution in [3.8, 4) is 11.3 Å². The van der Waals surface area contributed by atoms with Gasteiger partial charge in [-0.05, 0) is 46.6 Å². The smallest absolute Gasteiger partial charge is 0.370 e. The van der Waals surface area contributed by atoms with E-state index in [1.165, 1.54) is 17.0 Å². The number of aromatic nitrogens is 3. The maximum Gasteiger partial charge on any atom is 0.416 e. The number of amides is 1. The summed E-state index contributed by atoms with van der Waals surface area (Å²) in [7, 11) is 1.56. The third-order valence-electron chi connectivity index (χ3n) is 5.34. The van der Waals surface area contributed by atoms with E-state index in [0.717, 1.165) is 22.2 Å². The number of nitrogens with one attached hydrogen (secondary N) is 1. The van der Waals surface area contributed by atoms with E-state index in [1.54, 1.807) is 23.8 Å². The van der Waals surface area contributed by atoms with E-state index in [1.807, 2.05) is 24.3 Å². The third-order valence-corrected chi connectivity index (χ3v) is 6.23. The van der Waals surface area contributed by atoms with Crippen LogP contribution >= 0.6 is 27.5 Å². The van der Waals surface area contributed by atoms with Gasteiger partial charge in [0.25, 0.3) is 5.91 Å². The molecular weight excluding hydrogens is 547 g/mol. The van der Waals surface area contributed by atoms with Crippen molar-refractivity contribution in [2.45, 2.75) is 12.6 Å². The largest absolute Gasteiger partial charge is 0.416 e. The number of carbonyl (C=O) groups is 1. The van der Waals surface area contributed by atoms with Crippen molar-refractivity contribution in [1.82, 2.24) is 19.5 Å². The van der Waals surface area contributed by atoms with Crippen LogP contribution in [0.1, 0.15) is 22.3 Å². The summed E-state index contributed by atoms with van der Waals surface area (Å²) in [5, 5.41) is 8.21. The molecule has 0 fully saturated rings. The number of hydrogen-bond donors (Lipinski definition) is 1. The monoisotopic (exact) mass is 565 g/mol. The lowest BCUT2D eigenvalue weighted by Gasteiger charge is -2.18. The predicted molar refractivity (Wildman–Crippen MR) is 133 cm³/mol. The third kappa shape index (κ3) is 5.59. The van der Waals surface area contributed by atoms with Crippen molar-refractivity contribution in [2.24, 2.45) is 0 Å². The van der Waals surface area contributed by atoms with Crippen molar-refractivity contribution in [3.63, 3.8) is 0 Å². The van der Waals surface area contributed by atoms with Crippen LogP contribution in [0.4, 0.5) is 19.0 Å². The lowest BCUT2D eigenvalue weighted by Crippen LogP contribution is -2.29. The molecule has 0 aliphatic heterocycles. The zero-order chi connectivity index (χ0) is 25.2. The quantitative estimate of drug-likeness (QED) is 0.263. The van der Waals surface area contributed by atoms with Crippen LogP contribution < -0.4 is 5.32 Å². The van der Waals surface area contributed by atoms with E-state index in [2.05, 4.69) is 31.3 Å². The molecule has 1 amide bonds. The van der Waals surface area contributed by atoms with E-state index < -0.39 is 17.6 Å².